The average molecular weight is 571 g/mol. The van der Waals surface area contributed by atoms with Crippen LogP contribution < -0.4 is 4.74 Å². The lowest BCUT2D eigenvalue weighted by atomic mass is 9.48. The predicted octanol–water partition coefficient (Wildman–Crippen LogP) is 4.08. The number of hydrogen-bond donors (Lipinski definition) is 2. The molecule has 7 nitrogen and oxygen atoms in total. The highest BCUT2D eigenvalue weighted by Crippen LogP contribution is 2.66. The number of rotatable bonds is 6. The minimum absolute atomic E-state index is 0.0865. The second kappa shape index (κ2) is 8.94. The van der Waals surface area contributed by atoms with Crippen molar-refractivity contribution in [1.29, 1.82) is 0 Å². The lowest BCUT2D eigenvalue weighted by Gasteiger charge is -2.63. The van der Waals surface area contributed by atoms with Crippen LogP contribution >= 0.6 is 0 Å². The van der Waals surface area contributed by atoms with Crippen LogP contribution in [0.3, 0.4) is 0 Å². The third-order valence-corrected chi connectivity index (χ3v) is 10.4. The number of benzene rings is 2. The number of halogens is 3. The Bertz CT molecular complexity index is 1420. The number of hydrogen-bond acceptors (Lipinski definition) is 6. The van der Waals surface area contributed by atoms with Crippen molar-refractivity contribution in [1.82, 2.24) is 9.80 Å². The number of aromatic hydroxyl groups is 1. The summed E-state index contributed by atoms with van der Waals surface area (Å²) in [6.45, 7) is 1.38. The van der Waals surface area contributed by atoms with Crippen molar-refractivity contribution >= 4 is 11.7 Å². The molecule has 2 heterocycles. The van der Waals surface area contributed by atoms with Crippen LogP contribution in [0, 0.1) is 5.92 Å². The lowest BCUT2D eigenvalue weighted by molar-refractivity contribution is -0.188. The molecule has 41 heavy (non-hydrogen) atoms. The molecule has 218 valence electrons. The summed E-state index contributed by atoms with van der Waals surface area (Å²) in [6.07, 6.45) is -1.17. The molecular weight excluding hydrogens is 537 g/mol. The van der Waals surface area contributed by atoms with Crippen LogP contribution in [0.2, 0.25) is 0 Å². The Morgan fingerprint density at radius 1 is 1.12 bits per heavy atom. The number of likely N-dealkylation sites (N-methyl/N-ethyl adjacent to an activating group) is 1. The molecular formula is C31H33F3N2O5. The van der Waals surface area contributed by atoms with E-state index in [9.17, 15) is 33.0 Å². The third kappa shape index (κ3) is 3.79. The highest BCUT2D eigenvalue weighted by Gasteiger charge is 2.75. The predicted molar refractivity (Wildman–Crippen MR) is 142 cm³/mol. The molecule has 0 aromatic heterocycles. The molecule has 2 aliphatic heterocycles. The lowest BCUT2D eigenvalue weighted by Crippen LogP contribution is -2.79. The van der Waals surface area contributed by atoms with E-state index in [4.69, 9.17) is 4.74 Å². The Balaban J connectivity index is 1.18. The van der Waals surface area contributed by atoms with Crippen LogP contribution in [0.25, 0.3) is 0 Å². The summed E-state index contributed by atoms with van der Waals surface area (Å²) >= 11 is 0. The number of alkyl halides is 3. The van der Waals surface area contributed by atoms with Gasteiger partial charge in [-0.25, -0.2) is 0 Å². The minimum Gasteiger partial charge on any atom is -0.504 e. The standard InChI is InChI=1S/C31H33F3N2O5/c1-35(23(38)11-6-17-4-7-19(8-5-17)31(32,33)34)21-12-13-30(40)27-25(39)20-9-10-22(37)26-24(20)29(30,28(21)41-26)14-15-36(27)16-18-2-3-18/h4-5,7-10,18,21,27-28,37,40H,2-3,6,11-16H2,1H3/t21?,27-,28?,29+,30-/m1/s1. The first-order chi connectivity index (χ1) is 19.5. The summed E-state index contributed by atoms with van der Waals surface area (Å²) in [4.78, 5) is 31.1. The molecule has 2 unspecified atom stereocenters. The Labute approximate surface area is 235 Å². The number of carbonyl (C=O) groups is 2. The van der Waals surface area contributed by atoms with E-state index < -0.39 is 40.9 Å². The van der Waals surface area contributed by atoms with Crippen LogP contribution in [0.4, 0.5) is 13.2 Å². The smallest absolute Gasteiger partial charge is 0.416 e. The van der Waals surface area contributed by atoms with Gasteiger partial charge in [0.15, 0.2) is 17.3 Å². The Hall–Kier alpha value is -3.11. The molecule has 1 amide bonds. The fourth-order valence-corrected chi connectivity index (χ4v) is 8.17. The largest absolute Gasteiger partial charge is 0.504 e. The van der Waals surface area contributed by atoms with E-state index in [0.717, 1.165) is 31.5 Å². The van der Waals surface area contributed by atoms with E-state index in [-0.39, 0.29) is 36.0 Å². The molecule has 1 spiro atoms. The van der Waals surface area contributed by atoms with Crippen LogP contribution in [-0.4, -0.2) is 75.6 Å². The van der Waals surface area contributed by atoms with Crippen molar-refractivity contribution in [3.63, 3.8) is 0 Å². The first-order valence-corrected chi connectivity index (χ1v) is 14.4. The Morgan fingerprint density at radius 3 is 2.54 bits per heavy atom. The van der Waals surface area contributed by atoms with Gasteiger partial charge in [0, 0.05) is 37.7 Å². The zero-order valence-electron chi connectivity index (χ0n) is 22.8. The van der Waals surface area contributed by atoms with Gasteiger partial charge in [-0.3, -0.25) is 14.5 Å². The highest BCUT2D eigenvalue weighted by atomic mass is 19.4. The van der Waals surface area contributed by atoms with Crippen LogP contribution in [0.15, 0.2) is 36.4 Å². The third-order valence-electron chi connectivity index (χ3n) is 10.4. The van der Waals surface area contributed by atoms with Gasteiger partial charge in [0.1, 0.15) is 17.7 Å². The van der Waals surface area contributed by atoms with Crippen molar-refractivity contribution < 1.29 is 37.7 Å². The summed E-state index contributed by atoms with van der Waals surface area (Å²) in [5, 5.41) is 23.3. The first kappa shape index (κ1) is 26.8. The second-order valence-electron chi connectivity index (χ2n) is 12.5. The monoisotopic (exact) mass is 570 g/mol. The number of aliphatic hydroxyl groups is 1. The number of nitrogens with zero attached hydrogens (tertiary/aromatic N) is 2. The van der Waals surface area contributed by atoms with Gasteiger partial charge in [0.25, 0.3) is 0 Å². The zero-order valence-corrected chi connectivity index (χ0v) is 22.8. The molecule has 3 fully saturated rings. The molecule has 10 heteroatoms. The van der Waals surface area contributed by atoms with E-state index >= 15 is 0 Å². The number of aryl methyl sites for hydroxylation is 1. The second-order valence-corrected chi connectivity index (χ2v) is 12.5. The van der Waals surface area contributed by atoms with Gasteiger partial charge >= 0.3 is 6.18 Å². The molecule has 3 aliphatic carbocycles. The van der Waals surface area contributed by atoms with Gasteiger partial charge in [-0.05, 0) is 74.3 Å². The van der Waals surface area contributed by atoms with Crippen molar-refractivity contribution in [2.45, 2.75) is 80.3 Å². The molecule has 5 atom stereocenters. The summed E-state index contributed by atoms with van der Waals surface area (Å²) in [5.74, 6) is 0.360. The fourth-order valence-electron chi connectivity index (χ4n) is 8.17. The molecule has 1 saturated heterocycles. The fraction of sp³-hybridized carbons (Fsp3) is 0.548. The summed E-state index contributed by atoms with van der Waals surface area (Å²) in [6, 6.07) is 6.82. The molecule has 2 N–H and O–H groups in total. The topological polar surface area (TPSA) is 90.3 Å². The number of ketones is 1. The Kier molecular flexibility index (Phi) is 5.84. The van der Waals surface area contributed by atoms with Crippen molar-refractivity contribution in [3.8, 4) is 11.5 Å². The number of ether oxygens (including phenoxy) is 1. The molecule has 7 rings (SSSR count). The average Bonchev–Trinajstić information content (AvgIpc) is 3.68. The summed E-state index contributed by atoms with van der Waals surface area (Å²) in [5.41, 5.74) is -1.38. The highest BCUT2D eigenvalue weighted by molar-refractivity contribution is 6.06. The molecule has 2 aromatic rings. The van der Waals surface area contributed by atoms with E-state index in [2.05, 4.69) is 4.90 Å². The van der Waals surface area contributed by atoms with Gasteiger partial charge < -0.3 is 19.8 Å². The van der Waals surface area contributed by atoms with Crippen molar-refractivity contribution in [3.05, 3.63) is 58.7 Å². The van der Waals surface area contributed by atoms with Crippen LogP contribution in [-0.2, 0) is 22.8 Å². The molecule has 2 aromatic carbocycles. The first-order valence-electron chi connectivity index (χ1n) is 14.4. The van der Waals surface area contributed by atoms with Gasteiger partial charge in [-0.15, -0.1) is 0 Å². The van der Waals surface area contributed by atoms with Crippen LogP contribution in [0.5, 0.6) is 11.5 Å². The number of amides is 1. The Morgan fingerprint density at radius 2 is 1.85 bits per heavy atom. The maximum Gasteiger partial charge on any atom is 0.416 e. The maximum atomic E-state index is 13.9. The number of phenolic OH excluding ortho intramolecular Hbond substituents is 1. The van der Waals surface area contributed by atoms with Gasteiger partial charge in [0.2, 0.25) is 5.91 Å². The van der Waals surface area contributed by atoms with Crippen molar-refractivity contribution in [2.24, 2.45) is 5.92 Å². The molecule has 0 radical (unpaired) electrons. The van der Waals surface area contributed by atoms with Gasteiger partial charge in [-0.2, -0.15) is 13.2 Å². The maximum absolute atomic E-state index is 13.9. The minimum atomic E-state index is -4.42. The number of likely N-dealkylation sites (tertiary alicyclic amines) is 1. The number of Topliss-reactive ketones (excluding diaryl/α,β-unsaturated/α-hetero) is 1. The number of phenols is 1. The number of piperidine rings is 1. The number of carbonyl (C=O) groups excluding carboxylic acids is 2. The summed E-state index contributed by atoms with van der Waals surface area (Å²) in [7, 11) is 1.70. The molecule has 5 aliphatic rings. The van der Waals surface area contributed by atoms with Gasteiger partial charge in [0.05, 0.1) is 17.0 Å². The molecule has 2 saturated carbocycles. The van der Waals surface area contributed by atoms with Crippen LogP contribution in [0.1, 0.15) is 65.6 Å². The summed E-state index contributed by atoms with van der Waals surface area (Å²) < 4.78 is 45.2. The normalized spacial score (nSPS) is 31.9. The zero-order chi connectivity index (χ0) is 28.9. The van der Waals surface area contributed by atoms with Crippen molar-refractivity contribution in [2.75, 3.05) is 20.1 Å². The van der Waals surface area contributed by atoms with E-state index in [1.165, 1.54) is 18.2 Å². The SMILES string of the molecule is CN(C(=O)CCc1ccc(C(F)(F)F)cc1)C1CC[C@@]2(O)[C@H]3C(=O)c4ccc(O)c5c4[C@@]2(CCN3CC2CC2)C1O5. The quantitative estimate of drug-likeness (QED) is 0.544. The van der Waals surface area contributed by atoms with E-state index in [1.54, 1.807) is 18.0 Å². The molecule has 2 bridgehead atoms. The van der Waals surface area contributed by atoms with E-state index in [1.807, 2.05) is 0 Å². The van der Waals surface area contributed by atoms with E-state index in [0.29, 0.717) is 48.4 Å². The van der Waals surface area contributed by atoms with Gasteiger partial charge in [-0.1, -0.05) is 12.1 Å².